The maximum absolute atomic E-state index is 12.7. The summed E-state index contributed by atoms with van der Waals surface area (Å²) < 4.78 is 0. The van der Waals surface area contributed by atoms with E-state index in [0.717, 1.165) is 27.9 Å². The summed E-state index contributed by atoms with van der Waals surface area (Å²) in [7, 11) is 2.08. The summed E-state index contributed by atoms with van der Waals surface area (Å²) in [5.74, 6) is -0.453. The number of rotatable bonds is 3. The number of nitrogens with zero attached hydrogens (tertiary/aromatic N) is 2. The van der Waals surface area contributed by atoms with Gasteiger partial charge in [-0.1, -0.05) is 23.7 Å². The molecule has 154 valence electrons. The van der Waals surface area contributed by atoms with E-state index in [0.29, 0.717) is 10.7 Å². The van der Waals surface area contributed by atoms with Gasteiger partial charge in [-0.3, -0.25) is 4.79 Å². The number of carbonyl (C=O) groups is 1. The maximum Gasteiger partial charge on any atom is 0.266 e. The number of nitrogens with one attached hydrogen (secondary N) is 1. The average Bonchev–Trinajstić information content (AvgIpc) is 2.68. The number of allylic oxidation sites excluding steroid dienone is 1. The van der Waals surface area contributed by atoms with Crippen molar-refractivity contribution >= 4 is 40.5 Å². The summed E-state index contributed by atoms with van der Waals surface area (Å²) in [6.45, 7) is 10.3. The first kappa shape index (κ1) is 21.7. The van der Waals surface area contributed by atoms with E-state index in [2.05, 4.69) is 56.2 Å². The molecule has 0 aromatic heterocycles. The van der Waals surface area contributed by atoms with Gasteiger partial charge in [-0.2, -0.15) is 5.26 Å². The fraction of sp³-hybridized carbons (Fsp3) is 0.280. The second-order valence-corrected chi connectivity index (χ2v) is 8.71. The number of likely N-dealkylation sites (N-methyl/N-ethyl adjacent to an activating group) is 1. The van der Waals surface area contributed by atoms with E-state index in [1.807, 2.05) is 19.9 Å². The van der Waals surface area contributed by atoms with Crippen molar-refractivity contribution in [3.63, 3.8) is 0 Å². The molecule has 0 unspecified atom stereocenters. The molecular formula is C25H26ClN3O. The Bertz CT molecular complexity index is 1140. The fourth-order valence-corrected chi connectivity index (χ4v) is 3.88. The molecule has 2 aromatic rings. The van der Waals surface area contributed by atoms with Crippen molar-refractivity contribution < 1.29 is 4.79 Å². The smallest absolute Gasteiger partial charge is 0.266 e. The third kappa shape index (κ3) is 3.99. The Morgan fingerprint density at radius 2 is 1.93 bits per heavy atom. The fourth-order valence-electron chi connectivity index (χ4n) is 3.71. The van der Waals surface area contributed by atoms with Crippen LogP contribution in [0.2, 0.25) is 5.02 Å². The number of hydrogen-bond donors (Lipinski definition) is 1. The first-order valence-electron chi connectivity index (χ1n) is 9.81. The largest absolute Gasteiger partial charge is 0.365 e. The van der Waals surface area contributed by atoms with Gasteiger partial charge in [0.05, 0.1) is 5.54 Å². The Hall–Kier alpha value is -3.03. The van der Waals surface area contributed by atoms with Crippen LogP contribution in [0.1, 0.15) is 43.0 Å². The highest BCUT2D eigenvalue weighted by molar-refractivity contribution is 6.31. The van der Waals surface area contributed by atoms with Crippen LogP contribution in [-0.2, 0) is 4.79 Å². The third-order valence-electron chi connectivity index (χ3n) is 5.79. The number of halogens is 1. The lowest BCUT2D eigenvalue weighted by Crippen LogP contribution is -2.42. The number of anilines is 2. The van der Waals surface area contributed by atoms with Gasteiger partial charge in [0.2, 0.25) is 0 Å². The number of amides is 1. The van der Waals surface area contributed by atoms with Crippen molar-refractivity contribution in [2.45, 2.75) is 40.2 Å². The Morgan fingerprint density at radius 3 is 2.60 bits per heavy atom. The van der Waals surface area contributed by atoms with E-state index in [-0.39, 0.29) is 11.1 Å². The lowest BCUT2D eigenvalue weighted by atomic mass is 9.87. The minimum Gasteiger partial charge on any atom is -0.365 e. The number of fused-ring (bicyclic) bond motifs is 1. The molecule has 0 bridgehead atoms. The van der Waals surface area contributed by atoms with Gasteiger partial charge in [0.25, 0.3) is 5.91 Å². The molecule has 0 atom stereocenters. The molecule has 0 aliphatic carbocycles. The van der Waals surface area contributed by atoms with E-state index < -0.39 is 5.91 Å². The van der Waals surface area contributed by atoms with Crippen LogP contribution in [0.3, 0.4) is 0 Å². The summed E-state index contributed by atoms with van der Waals surface area (Å²) in [6, 6.07) is 11.5. The zero-order valence-electron chi connectivity index (χ0n) is 18.2. The van der Waals surface area contributed by atoms with Crippen molar-refractivity contribution in [3.05, 3.63) is 69.3 Å². The molecule has 0 saturated heterocycles. The molecule has 1 aliphatic rings. The molecule has 1 aliphatic heterocycles. The molecular weight excluding hydrogens is 394 g/mol. The van der Waals surface area contributed by atoms with Crippen molar-refractivity contribution in [1.82, 2.24) is 0 Å². The van der Waals surface area contributed by atoms with Crippen LogP contribution in [-0.4, -0.2) is 18.5 Å². The van der Waals surface area contributed by atoms with Gasteiger partial charge >= 0.3 is 0 Å². The standard InChI is InChI=1S/C25H26ClN3O/c1-15-10-23-20(16(2)13-25(4,5)29(23)6)12-18(15)11-19(14-27)24(30)28-22-9-7-8-21(26)17(22)3/h7-13H,1-6H3,(H,28,30)/b19-11+. The van der Waals surface area contributed by atoms with Crippen LogP contribution >= 0.6 is 11.6 Å². The molecule has 0 saturated carbocycles. The van der Waals surface area contributed by atoms with Crippen LogP contribution in [0, 0.1) is 25.2 Å². The van der Waals surface area contributed by atoms with Crippen LogP contribution < -0.4 is 10.2 Å². The minimum atomic E-state index is -0.453. The highest BCUT2D eigenvalue weighted by Crippen LogP contribution is 2.39. The van der Waals surface area contributed by atoms with E-state index in [9.17, 15) is 10.1 Å². The van der Waals surface area contributed by atoms with Gasteiger partial charge in [0.15, 0.2) is 0 Å². The SMILES string of the molecule is CC1=CC(C)(C)N(C)c2cc(C)c(/C=C(\C#N)C(=O)Nc3cccc(Cl)c3C)cc21. The molecule has 3 rings (SSSR count). The molecule has 0 radical (unpaired) electrons. The van der Waals surface area contributed by atoms with Gasteiger partial charge in [-0.25, -0.2) is 0 Å². The lowest BCUT2D eigenvalue weighted by Gasteiger charge is -2.41. The van der Waals surface area contributed by atoms with Crippen LogP contribution in [0.25, 0.3) is 11.6 Å². The van der Waals surface area contributed by atoms with E-state index >= 15 is 0 Å². The minimum absolute atomic E-state index is 0.0450. The monoisotopic (exact) mass is 419 g/mol. The number of benzene rings is 2. The number of aryl methyl sites for hydroxylation is 1. The molecule has 5 heteroatoms. The molecule has 30 heavy (non-hydrogen) atoms. The first-order valence-corrected chi connectivity index (χ1v) is 10.2. The predicted molar refractivity (Wildman–Crippen MR) is 126 cm³/mol. The van der Waals surface area contributed by atoms with Gasteiger partial charge < -0.3 is 10.2 Å². The first-order chi connectivity index (χ1) is 14.0. The van der Waals surface area contributed by atoms with Crippen LogP contribution in [0.4, 0.5) is 11.4 Å². The summed E-state index contributed by atoms with van der Waals surface area (Å²) >= 11 is 6.13. The summed E-state index contributed by atoms with van der Waals surface area (Å²) in [5, 5.41) is 13.0. The average molecular weight is 420 g/mol. The molecule has 0 spiro atoms. The highest BCUT2D eigenvalue weighted by atomic mass is 35.5. The highest BCUT2D eigenvalue weighted by Gasteiger charge is 2.29. The van der Waals surface area contributed by atoms with Gasteiger partial charge in [0, 0.05) is 29.0 Å². The summed E-state index contributed by atoms with van der Waals surface area (Å²) in [5.41, 5.74) is 6.62. The van der Waals surface area contributed by atoms with Crippen molar-refractivity contribution in [2.24, 2.45) is 0 Å². The normalized spacial score (nSPS) is 15.2. The zero-order valence-corrected chi connectivity index (χ0v) is 19.0. The summed E-state index contributed by atoms with van der Waals surface area (Å²) in [6.07, 6.45) is 3.88. The molecule has 1 heterocycles. The second kappa shape index (κ2) is 8.01. The Balaban J connectivity index is 1.99. The van der Waals surface area contributed by atoms with E-state index in [1.165, 1.54) is 5.57 Å². The van der Waals surface area contributed by atoms with Crippen molar-refractivity contribution in [2.75, 3.05) is 17.3 Å². The van der Waals surface area contributed by atoms with Crippen LogP contribution in [0.15, 0.2) is 42.0 Å². The topological polar surface area (TPSA) is 56.1 Å². The zero-order chi connectivity index (χ0) is 22.2. The third-order valence-corrected chi connectivity index (χ3v) is 6.20. The van der Waals surface area contributed by atoms with Crippen LogP contribution in [0.5, 0.6) is 0 Å². The lowest BCUT2D eigenvalue weighted by molar-refractivity contribution is -0.112. The van der Waals surface area contributed by atoms with Crippen molar-refractivity contribution in [3.8, 4) is 6.07 Å². The number of hydrogen-bond acceptors (Lipinski definition) is 3. The predicted octanol–water partition coefficient (Wildman–Crippen LogP) is 6.13. The molecule has 4 nitrogen and oxygen atoms in total. The van der Waals surface area contributed by atoms with Crippen molar-refractivity contribution in [1.29, 1.82) is 5.26 Å². The van der Waals surface area contributed by atoms with E-state index in [4.69, 9.17) is 11.6 Å². The van der Waals surface area contributed by atoms with E-state index in [1.54, 1.807) is 24.3 Å². The quantitative estimate of drug-likeness (QED) is 0.480. The Kier molecular flexibility index (Phi) is 5.78. The molecule has 1 N–H and O–H groups in total. The van der Waals surface area contributed by atoms with Gasteiger partial charge in [-0.05, 0) is 87.2 Å². The summed E-state index contributed by atoms with van der Waals surface area (Å²) in [4.78, 5) is 15.0. The molecule has 0 fully saturated rings. The Morgan fingerprint density at radius 1 is 1.23 bits per heavy atom. The Labute approximate surface area is 183 Å². The number of nitriles is 1. The maximum atomic E-state index is 12.7. The molecule has 1 amide bonds. The molecule has 2 aromatic carbocycles. The van der Waals surface area contributed by atoms with Gasteiger partial charge in [-0.15, -0.1) is 0 Å². The van der Waals surface area contributed by atoms with Gasteiger partial charge in [0.1, 0.15) is 11.6 Å². The second-order valence-electron chi connectivity index (χ2n) is 8.30. The number of carbonyl (C=O) groups excluding carboxylic acids is 1.